The van der Waals surface area contributed by atoms with Crippen molar-refractivity contribution in [1.29, 1.82) is 0 Å². The van der Waals surface area contributed by atoms with Gasteiger partial charge in [-0.3, -0.25) is 9.59 Å². The molecule has 1 aromatic carbocycles. The summed E-state index contributed by atoms with van der Waals surface area (Å²) in [5, 5.41) is 2.94. The number of aryl methyl sites for hydroxylation is 1. The molecule has 0 bridgehead atoms. The Morgan fingerprint density at radius 1 is 1.28 bits per heavy atom. The molecule has 2 amide bonds. The van der Waals surface area contributed by atoms with Gasteiger partial charge in [-0.15, -0.1) is 0 Å². The van der Waals surface area contributed by atoms with Crippen molar-refractivity contribution >= 4 is 17.6 Å². The number of pyridine rings is 1. The van der Waals surface area contributed by atoms with Gasteiger partial charge >= 0.3 is 0 Å². The fourth-order valence-electron chi connectivity index (χ4n) is 3.04. The van der Waals surface area contributed by atoms with Crippen LogP contribution in [-0.4, -0.2) is 34.3 Å². The van der Waals surface area contributed by atoms with E-state index in [-0.39, 0.29) is 11.8 Å². The zero-order valence-corrected chi connectivity index (χ0v) is 14.2. The van der Waals surface area contributed by atoms with Crippen LogP contribution in [0.4, 0.5) is 5.82 Å². The van der Waals surface area contributed by atoms with E-state index in [0.29, 0.717) is 30.9 Å². The van der Waals surface area contributed by atoms with E-state index in [4.69, 9.17) is 5.73 Å². The van der Waals surface area contributed by atoms with Gasteiger partial charge in [0.15, 0.2) is 0 Å². The zero-order chi connectivity index (χ0) is 17.8. The predicted molar refractivity (Wildman–Crippen MR) is 95.7 cm³/mol. The average Bonchev–Trinajstić information content (AvgIpc) is 3.10. The normalized spacial score (nSPS) is 16.7. The Morgan fingerprint density at radius 2 is 2.04 bits per heavy atom. The van der Waals surface area contributed by atoms with Crippen LogP contribution >= 0.6 is 0 Å². The second kappa shape index (κ2) is 7.34. The maximum atomic E-state index is 12.7. The number of nitrogens with two attached hydrogens (primary N) is 1. The molecule has 1 aliphatic rings. The number of rotatable bonds is 4. The summed E-state index contributed by atoms with van der Waals surface area (Å²) in [5.41, 5.74) is 8.33. The first-order chi connectivity index (χ1) is 12.0. The fourth-order valence-corrected chi connectivity index (χ4v) is 3.04. The number of anilines is 1. The fraction of sp³-hybridized carbons (Fsp3) is 0.316. The number of nitrogens with one attached hydrogen (secondary N) is 1. The molecule has 6 heteroatoms. The van der Waals surface area contributed by atoms with Crippen LogP contribution in [0.25, 0.3) is 0 Å². The molecule has 130 valence electrons. The van der Waals surface area contributed by atoms with Crippen LogP contribution in [0.5, 0.6) is 0 Å². The minimum absolute atomic E-state index is 0.117. The smallest absolute Gasteiger partial charge is 0.254 e. The van der Waals surface area contributed by atoms with E-state index < -0.39 is 6.04 Å². The summed E-state index contributed by atoms with van der Waals surface area (Å²) in [6, 6.07) is 10.7. The highest BCUT2D eigenvalue weighted by Gasteiger charge is 2.34. The van der Waals surface area contributed by atoms with Gasteiger partial charge in [0.2, 0.25) is 5.91 Å². The zero-order valence-electron chi connectivity index (χ0n) is 14.2. The van der Waals surface area contributed by atoms with Gasteiger partial charge in [-0.25, -0.2) is 4.98 Å². The van der Waals surface area contributed by atoms with Crippen LogP contribution in [0.15, 0.2) is 42.6 Å². The van der Waals surface area contributed by atoms with E-state index in [1.54, 1.807) is 17.0 Å². The molecule has 1 aromatic heterocycles. The van der Waals surface area contributed by atoms with Crippen LogP contribution in [0.1, 0.15) is 34.3 Å². The van der Waals surface area contributed by atoms with E-state index >= 15 is 0 Å². The molecule has 1 atom stereocenters. The molecule has 6 nitrogen and oxygen atoms in total. The summed E-state index contributed by atoms with van der Waals surface area (Å²) < 4.78 is 0. The molecule has 1 aliphatic heterocycles. The Morgan fingerprint density at radius 3 is 2.76 bits per heavy atom. The van der Waals surface area contributed by atoms with Crippen LogP contribution in [-0.2, 0) is 11.3 Å². The molecule has 25 heavy (non-hydrogen) atoms. The monoisotopic (exact) mass is 338 g/mol. The number of carbonyl (C=O) groups is 2. The lowest BCUT2D eigenvalue weighted by molar-refractivity contribution is -0.125. The Balaban J connectivity index is 1.65. The number of amides is 2. The van der Waals surface area contributed by atoms with Gasteiger partial charge in [-0.1, -0.05) is 29.8 Å². The van der Waals surface area contributed by atoms with Crippen molar-refractivity contribution in [3.05, 3.63) is 59.3 Å². The molecule has 0 radical (unpaired) electrons. The standard InChI is InChI=1S/C19H22N4O2/c1-13-4-6-14(7-5-13)12-22-18(24)16-3-2-10-23(16)19(25)15-8-9-21-17(20)11-15/h4-9,11,16H,2-3,10,12H2,1H3,(H2,20,21)(H,22,24)/t16-/m0/s1. The van der Waals surface area contributed by atoms with E-state index in [9.17, 15) is 9.59 Å². The number of aromatic nitrogens is 1. The largest absolute Gasteiger partial charge is 0.384 e. The summed E-state index contributed by atoms with van der Waals surface area (Å²) in [4.78, 5) is 30.8. The summed E-state index contributed by atoms with van der Waals surface area (Å²) in [6.07, 6.45) is 2.99. The van der Waals surface area contributed by atoms with Crippen molar-refractivity contribution in [3.8, 4) is 0 Å². The number of nitrogen functional groups attached to an aromatic ring is 1. The van der Waals surface area contributed by atoms with E-state index in [2.05, 4.69) is 10.3 Å². The minimum Gasteiger partial charge on any atom is -0.384 e. The first-order valence-electron chi connectivity index (χ1n) is 8.40. The Hall–Kier alpha value is -2.89. The molecule has 0 unspecified atom stereocenters. The van der Waals surface area contributed by atoms with Crippen molar-refractivity contribution < 1.29 is 9.59 Å². The molecular formula is C19H22N4O2. The minimum atomic E-state index is -0.438. The van der Waals surface area contributed by atoms with Gasteiger partial charge < -0.3 is 16.0 Å². The molecule has 2 aromatic rings. The maximum Gasteiger partial charge on any atom is 0.254 e. The number of likely N-dealkylation sites (tertiary alicyclic amines) is 1. The first-order valence-corrected chi connectivity index (χ1v) is 8.40. The van der Waals surface area contributed by atoms with Gasteiger partial charge in [-0.2, -0.15) is 0 Å². The summed E-state index contributed by atoms with van der Waals surface area (Å²) in [7, 11) is 0. The summed E-state index contributed by atoms with van der Waals surface area (Å²) in [6.45, 7) is 3.06. The first kappa shape index (κ1) is 17.0. The van der Waals surface area contributed by atoms with Crippen LogP contribution in [0, 0.1) is 6.92 Å². The van der Waals surface area contributed by atoms with Gasteiger partial charge in [-0.05, 0) is 37.5 Å². The molecule has 0 spiro atoms. The second-order valence-electron chi connectivity index (χ2n) is 6.33. The van der Waals surface area contributed by atoms with E-state index in [0.717, 1.165) is 12.0 Å². The SMILES string of the molecule is Cc1ccc(CNC(=O)[C@@H]2CCCN2C(=O)c2ccnc(N)c2)cc1. The third-order valence-corrected chi connectivity index (χ3v) is 4.43. The van der Waals surface area contributed by atoms with Crippen molar-refractivity contribution in [3.63, 3.8) is 0 Å². The Kier molecular flexibility index (Phi) is 4.97. The summed E-state index contributed by atoms with van der Waals surface area (Å²) in [5.74, 6) is 0.000887. The molecule has 3 N–H and O–H groups in total. The lowest BCUT2D eigenvalue weighted by Crippen LogP contribution is -2.45. The van der Waals surface area contributed by atoms with Gasteiger partial charge in [0.25, 0.3) is 5.91 Å². The maximum absolute atomic E-state index is 12.7. The van der Waals surface area contributed by atoms with Crippen molar-refractivity contribution in [2.45, 2.75) is 32.4 Å². The molecule has 0 saturated carbocycles. The lowest BCUT2D eigenvalue weighted by Gasteiger charge is -2.24. The quantitative estimate of drug-likeness (QED) is 0.891. The topological polar surface area (TPSA) is 88.3 Å². The third-order valence-electron chi connectivity index (χ3n) is 4.43. The van der Waals surface area contributed by atoms with Crippen molar-refractivity contribution in [2.75, 3.05) is 12.3 Å². The molecule has 1 fully saturated rings. The van der Waals surface area contributed by atoms with Crippen LogP contribution < -0.4 is 11.1 Å². The molecule has 3 rings (SSSR count). The lowest BCUT2D eigenvalue weighted by atomic mass is 10.1. The molecular weight excluding hydrogens is 316 g/mol. The molecule has 0 aliphatic carbocycles. The number of hydrogen-bond acceptors (Lipinski definition) is 4. The molecule has 2 heterocycles. The van der Waals surface area contributed by atoms with Gasteiger partial charge in [0.05, 0.1) is 0 Å². The van der Waals surface area contributed by atoms with Crippen LogP contribution in [0.2, 0.25) is 0 Å². The van der Waals surface area contributed by atoms with Gasteiger partial charge in [0.1, 0.15) is 11.9 Å². The highest BCUT2D eigenvalue weighted by atomic mass is 16.2. The molecule has 1 saturated heterocycles. The Bertz CT molecular complexity index is 773. The van der Waals surface area contributed by atoms with E-state index in [1.165, 1.54) is 11.8 Å². The van der Waals surface area contributed by atoms with Crippen LogP contribution in [0.3, 0.4) is 0 Å². The third kappa shape index (κ3) is 3.96. The van der Waals surface area contributed by atoms with Crippen molar-refractivity contribution in [1.82, 2.24) is 15.2 Å². The highest BCUT2D eigenvalue weighted by Crippen LogP contribution is 2.21. The van der Waals surface area contributed by atoms with Gasteiger partial charge in [0, 0.05) is 24.8 Å². The summed E-state index contributed by atoms with van der Waals surface area (Å²) >= 11 is 0. The van der Waals surface area contributed by atoms with E-state index in [1.807, 2.05) is 31.2 Å². The number of benzene rings is 1. The number of carbonyl (C=O) groups excluding carboxylic acids is 2. The predicted octanol–water partition coefficient (Wildman–Crippen LogP) is 1.89. The number of hydrogen-bond donors (Lipinski definition) is 2. The van der Waals surface area contributed by atoms with Crippen molar-refractivity contribution in [2.24, 2.45) is 0 Å². The Labute approximate surface area is 147 Å². The second-order valence-corrected chi connectivity index (χ2v) is 6.33. The number of nitrogens with zero attached hydrogens (tertiary/aromatic N) is 2. The highest BCUT2D eigenvalue weighted by molar-refractivity contribution is 5.98. The average molecular weight is 338 g/mol.